The maximum Gasteiger partial charge on any atom is 0.0571 e. The summed E-state index contributed by atoms with van der Waals surface area (Å²) < 4.78 is 0. The summed E-state index contributed by atoms with van der Waals surface area (Å²) in [6.45, 7) is 8.67. The molecule has 0 radical (unpaired) electrons. The Morgan fingerprint density at radius 2 is 1.83 bits per heavy atom. The Bertz CT molecular complexity index is 515. The molecule has 1 aliphatic heterocycles. The van der Waals surface area contributed by atoms with E-state index in [4.69, 9.17) is 5.73 Å². The van der Waals surface area contributed by atoms with Crippen molar-refractivity contribution in [3.05, 3.63) is 29.8 Å². The van der Waals surface area contributed by atoms with Crippen LogP contribution in [0.15, 0.2) is 24.3 Å². The predicted octanol–water partition coefficient (Wildman–Crippen LogP) is 3.30. The molecule has 1 saturated carbocycles. The van der Waals surface area contributed by atoms with E-state index < -0.39 is 0 Å². The number of aliphatic hydroxyl groups is 1. The van der Waals surface area contributed by atoms with Gasteiger partial charge in [-0.15, -0.1) is 0 Å². The first-order chi connectivity index (χ1) is 10.8. The maximum absolute atomic E-state index is 10.3. The van der Waals surface area contributed by atoms with Gasteiger partial charge in [-0.2, -0.15) is 0 Å². The second kappa shape index (κ2) is 6.45. The van der Waals surface area contributed by atoms with E-state index in [0.717, 1.165) is 25.9 Å². The molecule has 128 valence electrons. The Morgan fingerprint density at radius 3 is 2.39 bits per heavy atom. The van der Waals surface area contributed by atoms with Crippen LogP contribution in [0.4, 0.5) is 5.69 Å². The van der Waals surface area contributed by atoms with Gasteiger partial charge in [0.1, 0.15) is 0 Å². The zero-order chi connectivity index (χ0) is 16.6. The van der Waals surface area contributed by atoms with Crippen LogP contribution in [0.5, 0.6) is 0 Å². The summed E-state index contributed by atoms with van der Waals surface area (Å²) in [5.74, 6) is 1.07. The topological polar surface area (TPSA) is 49.5 Å². The molecule has 3 atom stereocenters. The van der Waals surface area contributed by atoms with Gasteiger partial charge in [0.05, 0.1) is 6.10 Å². The number of aliphatic hydroxyl groups excluding tert-OH is 1. The van der Waals surface area contributed by atoms with E-state index in [1.165, 1.54) is 24.1 Å². The Morgan fingerprint density at radius 1 is 1.17 bits per heavy atom. The van der Waals surface area contributed by atoms with Crippen LogP contribution in [0, 0.1) is 11.8 Å². The van der Waals surface area contributed by atoms with E-state index in [-0.39, 0.29) is 17.6 Å². The third kappa shape index (κ3) is 4.27. The van der Waals surface area contributed by atoms with E-state index in [2.05, 4.69) is 49.9 Å². The highest BCUT2D eigenvalue weighted by Crippen LogP contribution is 2.37. The van der Waals surface area contributed by atoms with Crippen LogP contribution in [0.2, 0.25) is 0 Å². The van der Waals surface area contributed by atoms with Gasteiger partial charge in [0, 0.05) is 24.8 Å². The molecule has 1 saturated heterocycles. The van der Waals surface area contributed by atoms with Crippen molar-refractivity contribution < 1.29 is 5.11 Å². The third-order valence-electron chi connectivity index (χ3n) is 5.41. The average molecular weight is 316 g/mol. The summed E-state index contributed by atoms with van der Waals surface area (Å²) in [6.07, 6.45) is 4.25. The van der Waals surface area contributed by atoms with E-state index in [1.807, 2.05) is 0 Å². The molecule has 1 aromatic carbocycles. The molecule has 3 rings (SSSR count). The molecule has 3 heteroatoms. The van der Waals surface area contributed by atoms with Gasteiger partial charge in [-0.3, -0.25) is 0 Å². The molecule has 2 fully saturated rings. The highest BCUT2D eigenvalue weighted by atomic mass is 16.3. The Labute approximate surface area is 140 Å². The fourth-order valence-corrected chi connectivity index (χ4v) is 3.82. The molecule has 23 heavy (non-hydrogen) atoms. The molecule has 3 unspecified atom stereocenters. The fourth-order valence-electron chi connectivity index (χ4n) is 3.82. The third-order valence-corrected chi connectivity index (χ3v) is 5.41. The minimum atomic E-state index is -0.115. The van der Waals surface area contributed by atoms with Crippen molar-refractivity contribution >= 4 is 5.69 Å². The van der Waals surface area contributed by atoms with Gasteiger partial charge >= 0.3 is 0 Å². The number of nitrogens with two attached hydrogens (primary N) is 1. The first-order valence-corrected chi connectivity index (χ1v) is 9.12. The molecule has 1 aliphatic carbocycles. The summed E-state index contributed by atoms with van der Waals surface area (Å²) in [6, 6.07) is 9.15. The SMILES string of the molecule is CC(C)(C)c1ccc(N2CC(N)CC(CC(O)C3CC3)C2)cc1. The van der Waals surface area contributed by atoms with Crippen molar-refractivity contribution in [2.24, 2.45) is 17.6 Å². The van der Waals surface area contributed by atoms with Crippen LogP contribution in [-0.2, 0) is 5.41 Å². The molecule has 3 N–H and O–H groups in total. The smallest absolute Gasteiger partial charge is 0.0571 e. The van der Waals surface area contributed by atoms with Gasteiger partial charge in [0.25, 0.3) is 0 Å². The Balaban J connectivity index is 1.66. The predicted molar refractivity (Wildman–Crippen MR) is 96.8 cm³/mol. The van der Waals surface area contributed by atoms with Crippen molar-refractivity contribution in [1.29, 1.82) is 0 Å². The zero-order valence-corrected chi connectivity index (χ0v) is 14.8. The number of hydrogen-bond acceptors (Lipinski definition) is 3. The summed E-state index contributed by atoms with van der Waals surface area (Å²) in [7, 11) is 0. The second-order valence-electron chi connectivity index (χ2n) is 8.70. The van der Waals surface area contributed by atoms with Crippen molar-refractivity contribution in [3.63, 3.8) is 0 Å². The van der Waals surface area contributed by atoms with Gasteiger partial charge in [-0.25, -0.2) is 0 Å². The van der Waals surface area contributed by atoms with E-state index in [1.54, 1.807) is 0 Å². The van der Waals surface area contributed by atoms with Crippen LogP contribution in [0.3, 0.4) is 0 Å². The quantitative estimate of drug-likeness (QED) is 0.896. The van der Waals surface area contributed by atoms with Crippen LogP contribution in [-0.4, -0.2) is 30.3 Å². The largest absolute Gasteiger partial charge is 0.393 e. The monoisotopic (exact) mass is 316 g/mol. The van der Waals surface area contributed by atoms with Gasteiger partial charge in [-0.1, -0.05) is 32.9 Å². The van der Waals surface area contributed by atoms with Crippen molar-refractivity contribution in [3.8, 4) is 0 Å². The van der Waals surface area contributed by atoms with Crippen LogP contribution in [0.1, 0.15) is 52.0 Å². The van der Waals surface area contributed by atoms with E-state index in [0.29, 0.717) is 11.8 Å². The molecular weight excluding hydrogens is 284 g/mol. The van der Waals surface area contributed by atoms with Gasteiger partial charge < -0.3 is 15.7 Å². The molecular formula is C20H32N2O. The lowest BCUT2D eigenvalue weighted by atomic mass is 9.86. The van der Waals surface area contributed by atoms with Crippen molar-refractivity contribution in [1.82, 2.24) is 0 Å². The number of rotatable bonds is 4. The highest BCUT2D eigenvalue weighted by Gasteiger charge is 2.34. The number of benzene rings is 1. The molecule has 3 nitrogen and oxygen atoms in total. The van der Waals surface area contributed by atoms with Gasteiger partial charge in [-0.05, 0) is 60.6 Å². The molecule has 2 aliphatic rings. The van der Waals surface area contributed by atoms with Gasteiger partial charge in [0.2, 0.25) is 0 Å². The molecule has 0 bridgehead atoms. The number of piperidine rings is 1. The second-order valence-corrected chi connectivity index (χ2v) is 8.70. The normalized spacial score (nSPS) is 27.1. The minimum absolute atomic E-state index is 0.115. The average Bonchev–Trinajstić information content (AvgIpc) is 3.30. The lowest BCUT2D eigenvalue weighted by Crippen LogP contribution is -2.47. The lowest BCUT2D eigenvalue weighted by molar-refractivity contribution is 0.114. The maximum atomic E-state index is 10.3. The molecule has 0 amide bonds. The van der Waals surface area contributed by atoms with E-state index >= 15 is 0 Å². The Kier molecular flexibility index (Phi) is 4.70. The summed E-state index contributed by atoms with van der Waals surface area (Å²) in [4.78, 5) is 2.41. The summed E-state index contributed by atoms with van der Waals surface area (Å²) in [5, 5.41) is 10.3. The van der Waals surface area contributed by atoms with Gasteiger partial charge in [0.15, 0.2) is 0 Å². The minimum Gasteiger partial charge on any atom is -0.393 e. The van der Waals surface area contributed by atoms with Crippen molar-refractivity contribution in [2.75, 3.05) is 18.0 Å². The molecule has 1 aromatic rings. The Hall–Kier alpha value is -1.06. The first kappa shape index (κ1) is 16.8. The first-order valence-electron chi connectivity index (χ1n) is 9.12. The molecule has 0 spiro atoms. The zero-order valence-electron chi connectivity index (χ0n) is 14.8. The number of anilines is 1. The van der Waals surface area contributed by atoms with Crippen molar-refractivity contribution in [2.45, 2.75) is 64.0 Å². The number of nitrogens with zero attached hydrogens (tertiary/aromatic N) is 1. The number of hydrogen-bond donors (Lipinski definition) is 2. The molecule has 1 heterocycles. The fraction of sp³-hybridized carbons (Fsp3) is 0.700. The lowest BCUT2D eigenvalue weighted by Gasteiger charge is -2.38. The van der Waals surface area contributed by atoms with E-state index in [9.17, 15) is 5.11 Å². The van der Waals surface area contributed by atoms with Crippen LogP contribution >= 0.6 is 0 Å². The summed E-state index contributed by atoms with van der Waals surface area (Å²) in [5.41, 5.74) is 9.11. The summed E-state index contributed by atoms with van der Waals surface area (Å²) >= 11 is 0. The molecule has 0 aromatic heterocycles. The van der Waals surface area contributed by atoms with Crippen LogP contribution in [0.25, 0.3) is 0 Å². The highest BCUT2D eigenvalue weighted by molar-refractivity contribution is 5.49. The van der Waals surface area contributed by atoms with Crippen LogP contribution < -0.4 is 10.6 Å². The standard InChI is InChI=1S/C20H32N2O/c1-20(2,3)16-6-8-18(9-7-16)22-12-14(10-17(21)13-22)11-19(23)15-4-5-15/h6-9,14-15,17,19,23H,4-5,10-13,21H2,1-3H3.